The second-order valence-electron chi connectivity index (χ2n) is 13.0. The number of Topliss-reactive ketones (excluding diaryl/α,β-unsaturated/α-hetero) is 1. The van der Waals surface area contributed by atoms with Gasteiger partial charge in [0, 0.05) is 37.3 Å². The van der Waals surface area contributed by atoms with E-state index in [9.17, 15) is 24.3 Å². The Balaban J connectivity index is 1.09. The first kappa shape index (κ1) is 30.8. The Morgan fingerprint density at radius 1 is 1.02 bits per heavy atom. The molecule has 3 aromatic carbocycles. The number of nitrogens with zero attached hydrogens (tertiary/aromatic N) is 1. The number of nitrogens with two attached hydrogens (primary N) is 1. The zero-order valence-electron chi connectivity index (χ0n) is 26.0. The molecular weight excluding hydrogens is 596 g/mol. The van der Waals surface area contributed by atoms with Crippen molar-refractivity contribution in [1.29, 1.82) is 0 Å². The molecule has 1 saturated heterocycles. The normalized spacial score (nSPS) is 25.8. The van der Waals surface area contributed by atoms with Crippen LogP contribution < -0.4 is 21.1 Å². The van der Waals surface area contributed by atoms with Gasteiger partial charge in [-0.2, -0.15) is 0 Å². The Bertz CT molecular complexity index is 1770. The molecule has 0 radical (unpaired) electrons. The van der Waals surface area contributed by atoms with Crippen LogP contribution in [0.15, 0.2) is 72.9 Å². The Morgan fingerprint density at radius 3 is 2.53 bits per heavy atom. The fourth-order valence-electron chi connectivity index (χ4n) is 8.49. The predicted octanol–water partition coefficient (Wildman–Crippen LogP) is 2.20. The fourth-order valence-corrected chi connectivity index (χ4v) is 8.49. The Kier molecular flexibility index (Phi) is 7.93. The van der Waals surface area contributed by atoms with E-state index in [-0.39, 0.29) is 29.7 Å². The highest BCUT2D eigenvalue weighted by atomic mass is 16.5. The minimum Gasteiger partial charge on any atom is -0.480 e. The van der Waals surface area contributed by atoms with Gasteiger partial charge < -0.3 is 20.9 Å². The van der Waals surface area contributed by atoms with Crippen LogP contribution in [-0.4, -0.2) is 71.4 Å². The number of carbonyl (C=O) groups excluding carboxylic acids is 4. The summed E-state index contributed by atoms with van der Waals surface area (Å²) in [6, 6.07) is 21.1. The van der Waals surface area contributed by atoms with Crippen molar-refractivity contribution in [2.24, 2.45) is 5.73 Å². The first-order valence-corrected chi connectivity index (χ1v) is 16.2. The smallest absolute Gasteiger partial charge is 0.259 e. The number of ether oxygens (including phenoxy) is 1. The van der Waals surface area contributed by atoms with Crippen molar-refractivity contribution < 1.29 is 29.0 Å². The molecule has 2 unspecified atom stereocenters. The zero-order chi connectivity index (χ0) is 32.8. The number of hydrogen-bond acceptors (Lipinski definition) is 8. The van der Waals surface area contributed by atoms with E-state index < -0.39 is 23.0 Å². The van der Waals surface area contributed by atoms with Gasteiger partial charge in [0.2, 0.25) is 6.41 Å². The molecule has 7 rings (SSSR count). The number of hydrogen-bond donors (Lipinski definition) is 4. The van der Waals surface area contributed by atoms with Crippen LogP contribution in [0.4, 0.5) is 0 Å². The third kappa shape index (κ3) is 4.94. The van der Waals surface area contributed by atoms with Crippen LogP contribution in [0.3, 0.4) is 0 Å². The number of ketones is 1. The van der Waals surface area contributed by atoms with Gasteiger partial charge in [0.05, 0.1) is 22.2 Å². The van der Waals surface area contributed by atoms with Crippen molar-refractivity contribution in [3.05, 3.63) is 106 Å². The number of imide groups is 1. The molecule has 242 valence electrons. The number of rotatable bonds is 10. The number of aliphatic hydroxyl groups is 1. The lowest BCUT2D eigenvalue weighted by Gasteiger charge is -2.62. The van der Waals surface area contributed by atoms with Crippen LogP contribution in [0, 0.1) is 0 Å². The van der Waals surface area contributed by atoms with Crippen molar-refractivity contribution in [1.82, 2.24) is 15.5 Å². The number of benzene rings is 3. The lowest BCUT2D eigenvalue weighted by molar-refractivity contribution is -0.188. The minimum absolute atomic E-state index is 0.0127. The highest BCUT2D eigenvalue weighted by molar-refractivity contribution is 6.21. The second-order valence-corrected chi connectivity index (χ2v) is 13.0. The molecule has 1 saturated carbocycles. The van der Waals surface area contributed by atoms with E-state index in [4.69, 9.17) is 10.5 Å². The average Bonchev–Trinajstić information content (AvgIpc) is 3.44. The number of likely N-dealkylation sites (tertiary alicyclic amines) is 1. The molecular formula is C37H38N4O6. The van der Waals surface area contributed by atoms with Gasteiger partial charge in [0.25, 0.3) is 11.8 Å². The average molecular weight is 635 g/mol. The van der Waals surface area contributed by atoms with E-state index >= 15 is 0 Å². The molecule has 10 heteroatoms. The van der Waals surface area contributed by atoms with Crippen molar-refractivity contribution in [2.45, 2.75) is 61.7 Å². The van der Waals surface area contributed by atoms with Crippen molar-refractivity contribution in [2.75, 3.05) is 19.6 Å². The van der Waals surface area contributed by atoms with Gasteiger partial charge in [-0.1, -0.05) is 60.7 Å². The fraction of sp³-hybridized carbons (Fsp3) is 0.351. The topological polar surface area (TPSA) is 151 Å². The number of amides is 3. The lowest BCUT2D eigenvalue weighted by atomic mass is 9.49. The van der Waals surface area contributed by atoms with Crippen LogP contribution >= 0.6 is 0 Å². The van der Waals surface area contributed by atoms with Crippen LogP contribution in [0.1, 0.15) is 57.4 Å². The van der Waals surface area contributed by atoms with E-state index in [0.717, 1.165) is 42.4 Å². The van der Waals surface area contributed by atoms with Gasteiger partial charge in [-0.15, -0.1) is 0 Å². The maximum Gasteiger partial charge on any atom is 0.259 e. The number of carbonyl (C=O) groups is 4. The standard InChI is InChI=1S/C37H38N4O6/c38-21-28(35(45)40-22-42)25-8-6-24(7-9-25)13-17-39-34(44)27-11-10-26-20-30-37(46)15-12-29(43)33-36(37,31(26)32(27)47-33)16-19-41(30)18-14-23-4-2-1-3-5-23/h1-11,21-22,30,33,46H,12-20,38H2,(H,39,44)(H,40,42,45)/b28-21-/t30-,33?,36?,37-/m1/s1. The van der Waals surface area contributed by atoms with E-state index in [0.29, 0.717) is 55.5 Å². The van der Waals surface area contributed by atoms with Crippen molar-refractivity contribution >= 4 is 29.6 Å². The molecule has 2 aliphatic carbocycles. The summed E-state index contributed by atoms with van der Waals surface area (Å²) in [5.41, 5.74) is 8.79. The van der Waals surface area contributed by atoms with Gasteiger partial charge in [-0.25, -0.2) is 0 Å². The number of piperidine rings is 1. The third-order valence-electron chi connectivity index (χ3n) is 10.7. The molecule has 4 atom stereocenters. The monoisotopic (exact) mass is 634 g/mol. The first-order chi connectivity index (χ1) is 22.8. The minimum atomic E-state index is -1.13. The number of nitrogens with one attached hydrogen (secondary N) is 2. The quantitative estimate of drug-likeness (QED) is 0.196. The van der Waals surface area contributed by atoms with E-state index in [2.05, 4.69) is 27.7 Å². The highest BCUT2D eigenvalue weighted by Gasteiger charge is 2.73. The molecule has 4 aliphatic rings. The van der Waals surface area contributed by atoms with E-state index in [1.165, 1.54) is 5.56 Å². The van der Waals surface area contributed by atoms with Gasteiger partial charge in [-0.05, 0) is 67.0 Å². The van der Waals surface area contributed by atoms with Crippen molar-refractivity contribution in [3.8, 4) is 5.75 Å². The van der Waals surface area contributed by atoms with E-state index in [1.807, 2.05) is 36.4 Å². The van der Waals surface area contributed by atoms with E-state index in [1.54, 1.807) is 18.2 Å². The van der Waals surface area contributed by atoms with Gasteiger partial charge in [-0.3, -0.25) is 29.4 Å². The molecule has 2 aliphatic heterocycles. The summed E-state index contributed by atoms with van der Waals surface area (Å²) in [5.74, 6) is -0.464. The Hall–Kier alpha value is -4.80. The summed E-state index contributed by atoms with van der Waals surface area (Å²) in [6.07, 6.45) is 3.92. The maximum atomic E-state index is 13.6. The zero-order valence-corrected chi connectivity index (χ0v) is 26.0. The summed E-state index contributed by atoms with van der Waals surface area (Å²) >= 11 is 0. The molecule has 47 heavy (non-hydrogen) atoms. The molecule has 2 heterocycles. The maximum absolute atomic E-state index is 13.6. The Labute approximate surface area is 273 Å². The third-order valence-corrected chi connectivity index (χ3v) is 10.7. The summed E-state index contributed by atoms with van der Waals surface area (Å²) in [4.78, 5) is 52.1. The summed E-state index contributed by atoms with van der Waals surface area (Å²) in [6.45, 7) is 1.90. The molecule has 3 aromatic rings. The van der Waals surface area contributed by atoms with Crippen LogP contribution in [-0.2, 0) is 39.1 Å². The summed E-state index contributed by atoms with van der Waals surface area (Å²) < 4.78 is 6.46. The van der Waals surface area contributed by atoms with Crippen LogP contribution in [0.5, 0.6) is 5.75 Å². The lowest BCUT2D eigenvalue weighted by Crippen LogP contribution is -2.76. The van der Waals surface area contributed by atoms with Gasteiger partial charge in [0.1, 0.15) is 5.75 Å². The molecule has 1 spiro atoms. The summed E-state index contributed by atoms with van der Waals surface area (Å²) in [5, 5.41) is 17.7. The van der Waals surface area contributed by atoms with Crippen LogP contribution in [0.25, 0.3) is 5.57 Å². The second kappa shape index (κ2) is 12.1. The van der Waals surface area contributed by atoms with Gasteiger partial charge in [0.15, 0.2) is 11.9 Å². The first-order valence-electron chi connectivity index (χ1n) is 16.2. The van der Waals surface area contributed by atoms with Gasteiger partial charge >= 0.3 is 0 Å². The largest absolute Gasteiger partial charge is 0.480 e. The highest BCUT2D eigenvalue weighted by Crippen LogP contribution is 2.63. The predicted molar refractivity (Wildman–Crippen MR) is 174 cm³/mol. The molecule has 3 amide bonds. The molecule has 10 nitrogen and oxygen atoms in total. The van der Waals surface area contributed by atoms with Crippen molar-refractivity contribution in [3.63, 3.8) is 0 Å². The SMILES string of the molecule is N/C=C(\C(=O)NC=O)c1ccc(CCNC(=O)c2ccc3c4c2OC2C(=O)CC[C@@]5(O)[C@@H](C3)N(CCc3ccccc3)CCC425)cc1. The van der Waals surface area contributed by atoms with Crippen LogP contribution in [0.2, 0.25) is 0 Å². The Morgan fingerprint density at radius 2 is 1.79 bits per heavy atom. The molecule has 5 N–H and O–H groups in total. The molecule has 2 fully saturated rings. The molecule has 0 aromatic heterocycles. The molecule has 2 bridgehead atoms. The summed E-state index contributed by atoms with van der Waals surface area (Å²) in [7, 11) is 0.